The molecule has 1 unspecified atom stereocenters. The van der Waals surface area contributed by atoms with Crippen LogP contribution in [-0.2, 0) is 20.8 Å². The summed E-state index contributed by atoms with van der Waals surface area (Å²) in [5.74, 6) is -1.23. The number of nitrogens with zero attached hydrogens (tertiary/aromatic N) is 2. The highest BCUT2D eigenvalue weighted by Crippen LogP contribution is 2.29. The molecule has 1 aliphatic rings. The SMILES string of the molecule is CC(=O)Oc1ccc(N2C(=O)CC(N(CCc3ccccc3)C(=O)c3cccs3)C2=O)cc1. The summed E-state index contributed by atoms with van der Waals surface area (Å²) in [6.07, 6.45) is 0.476. The zero-order chi connectivity index (χ0) is 23.4. The molecule has 3 aromatic rings. The van der Waals surface area contributed by atoms with E-state index in [2.05, 4.69) is 0 Å². The summed E-state index contributed by atoms with van der Waals surface area (Å²) in [6.45, 7) is 1.60. The molecule has 0 saturated carbocycles. The Balaban J connectivity index is 1.57. The van der Waals surface area contributed by atoms with Crippen molar-refractivity contribution in [3.05, 3.63) is 82.6 Å². The number of esters is 1. The van der Waals surface area contributed by atoms with Crippen LogP contribution in [0.2, 0.25) is 0 Å². The average molecular weight is 463 g/mol. The Morgan fingerprint density at radius 2 is 1.76 bits per heavy atom. The molecule has 1 saturated heterocycles. The third-order valence-corrected chi connectivity index (χ3v) is 6.19. The number of benzene rings is 2. The van der Waals surface area contributed by atoms with Crippen LogP contribution in [0.1, 0.15) is 28.6 Å². The van der Waals surface area contributed by atoms with Gasteiger partial charge in [-0.25, -0.2) is 4.90 Å². The molecule has 1 aromatic heterocycles. The van der Waals surface area contributed by atoms with Crippen LogP contribution in [0, 0.1) is 0 Å². The molecular formula is C25H22N2O5S. The highest BCUT2D eigenvalue weighted by molar-refractivity contribution is 7.12. The van der Waals surface area contributed by atoms with Crippen molar-refractivity contribution in [3.63, 3.8) is 0 Å². The molecule has 0 N–H and O–H groups in total. The summed E-state index contributed by atoms with van der Waals surface area (Å²) in [4.78, 5) is 53.7. The van der Waals surface area contributed by atoms with E-state index in [0.717, 1.165) is 10.5 Å². The van der Waals surface area contributed by atoms with E-state index >= 15 is 0 Å². The fourth-order valence-corrected chi connectivity index (χ4v) is 4.47. The summed E-state index contributed by atoms with van der Waals surface area (Å²) < 4.78 is 5.01. The summed E-state index contributed by atoms with van der Waals surface area (Å²) in [5.41, 5.74) is 1.41. The van der Waals surface area contributed by atoms with E-state index < -0.39 is 17.9 Å². The van der Waals surface area contributed by atoms with E-state index in [1.807, 2.05) is 30.3 Å². The molecule has 33 heavy (non-hydrogen) atoms. The third-order valence-electron chi connectivity index (χ3n) is 5.33. The molecule has 1 aliphatic heterocycles. The molecule has 4 rings (SSSR count). The Hall–Kier alpha value is -3.78. The molecule has 8 heteroatoms. The number of rotatable bonds is 7. The van der Waals surface area contributed by atoms with Gasteiger partial charge in [0.25, 0.3) is 11.8 Å². The average Bonchev–Trinajstić information content (AvgIpc) is 3.44. The maximum atomic E-state index is 13.3. The first-order valence-electron chi connectivity index (χ1n) is 10.5. The normalized spacial score (nSPS) is 15.5. The van der Waals surface area contributed by atoms with Gasteiger partial charge in [0.2, 0.25) is 5.91 Å². The molecule has 2 aromatic carbocycles. The highest BCUT2D eigenvalue weighted by Gasteiger charge is 2.44. The van der Waals surface area contributed by atoms with Crippen LogP contribution in [0.3, 0.4) is 0 Å². The van der Waals surface area contributed by atoms with Crippen LogP contribution in [-0.4, -0.2) is 41.2 Å². The van der Waals surface area contributed by atoms with Gasteiger partial charge in [0, 0.05) is 13.5 Å². The Morgan fingerprint density at radius 3 is 2.39 bits per heavy atom. The Morgan fingerprint density at radius 1 is 1.03 bits per heavy atom. The number of hydrogen-bond acceptors (Lipinski definition) is 6. The van der Waals surface area contributed by atoms with E-state index in [9.17, 15) is 19.2 Å². The maximum absolute atomic E-state index is 13.3. The van der Waals surface area contributed by atoms with Gasteiger partial charge in [-0.15, -0.1) is 11.3 Å². The minimum atomic E-state index is -0.885. The number of hydrogen-bond donors (Lipinski definition) is 0. The van der Waals surface area contributed by atoms with Crippen LogP contribution in [0.25, 0.3) is 0 Å². The van der Waals surface area contributed by atoms with Gasteiger partial charge < -0.3 is 9.64 Å². The quantitative estimate of drug-likeness (QED) is 0.304. The second-order valence-corrected chi connectivity index (χ2v) is 8.53. The summed E-state index contributed by atoms with van der Waals surface area (Å²) in [6, 6.07) is 18.4. The van der Waals surface area contributed by atoms with Crippen molar-refractivity contribution in [2.24, 2.45) is 0 Å². The fourth-order valence-electron chi connectivity index (χ4n) is 3.79. The summed E-state index contributed by atoms with van der Waals surface area (Å²) in [5, 5.41) is 1.81. The van der Waals surface area contributed by atoms with Crippen LogP contribution in [0.5, 0.6) is 5.75 Å². The fraction of sp³-hybridized carbons (Fsp3) is 0.200. The molecule has 1 atom stereocenters. The zero-order valence-electron chi connectivity index (χ0n) is 18.0. The van der Waals surface area contributed by atoms with Crippen molar-refractivity contribution in [2.75, 3.05) is 11.4 Å². The molecule has 1 fully saturated rings. The summed E-state index contributed by atoms with van der Waals surface area (Å²) >= 11 is 1.30. The molecule has 0 radical (unpaired) electrons. The van der Waals surface area contributed by atoms with Crippen molar-refractivity contribution in [2.45, 2.75) is 25.8 Å². The largest absolute Gasteiger partial charge is 0.427 e. The van der Waals surface area contributed by atoms with E-state index in [-0.39, 0.29) is 18.2 Å². The number of carbonyl (C=O) groups excluding carboxylic acids is 4. The molecule has 0 aliphatic carbocycles. The molecule has 168 valence electrons. The van der Waals surface area contributed by atoms with Gasteiger partial charge in [-0.05, 0) is 47.7 Å². The van der Waals surface area contributed by atoms with Gasteiger partial charge in [-0.2, -0.15) is 0 Å². The number of carbonyl (C=O) groups is 4. The predicted molar refractivity (Wildman–Crippen MR) is 124 cm³/mol. The van der Waals surface area contributed by atoms with Gasteiger partial charge >= 0.3 is 5.97 Å². The Labute approximate surface area is 195 Å². The molecule has 3 amide bonds. The van der Waals surface area contributed by atoms with Crippen molar-refractivity contribution in [1.29, 1.82) is 0 Å². The van der Waals surface area contributed by atoms with Crippen molar-refractivity contribution in [1.82, 2.24) is 4.90 Å². The van der Waals surface area contributed by atoms with Crippen LogP contribution >= 0.6 is 11.3 Å². The smallest absolute Gasteiger partial charge is 0.308 e. The first-order valence-corrected chi connectivity index (χ1v) is 11.4. The molecule has 0 bridgehead atoms. The number of anilines is 1. The lowest BCUT2D eigenvalue weighted by Crippen LogP contribution is -2.46. The number of amides is 3. The molecule has 0 spiro atoms. The Kier molecular flexibility index (Phi) is 6.65. The Bertz CT molecular complexity index is 1160. The first kappa shape index (κ1) is 22.4. The predicted octanol–water partition coefficient (Wildman–Crippen LogP) is 3.69. The lowest BCUT2D eigenvalue weighted by Gasteiger charge is -2.27. The molecule has 7 nitrogen and oxygen atoms in total. The number of imide groups is 1. The minimum Gasteiger partial charge on any atom is -0.427 e. The van der Waals surface area contributed by atoms with E-state index in [1.54, 1.807) is 29.6 Å². The van der Waals surface area contributed by atoms with Crippen LogP contribution in [0.4, 0.5) is 5.69 Å². The van der Waals surface area contributed by atoms with Crippen molar-refractivity contribution < 1.29 is 23.9 Å². The summed E-state index contributed by atoms with van der Waals surface area (Å²) in [7, 11) is 0. The van der Waals surface area contributed by atoms with Crippen LogP contribution in [0.15, 0.2) is 72.1 Å². The van der Waals surface area contributed by atoms with Crippen molar-refractivity contribution >= 4 is 40.7 Å². The third kappa shape index (κ3) is 5.01. The monoisotopic (exact) mass is 462 g/mol. The van der Waals surface area contributed by atoms with E-state index in [1.165, 1.54) is 35.3 Å². The molecular weight excluding hydrogens is 440 g/mol. The van der Waals surface area contributed by atoms with Gasteiger partial charge in [0.15, 0.2) is 0 Å². The second kappa shape index (κ2) is 9.79. The van der Waals surface area contributed by atoms with E-state index in [4.69, 9.17) is 4.74 Å². The van der Waals surface area contributed by atoms with Gasteiger partial charge in [-0.1, -0.05) is 36.4 Å². The van der Waals surface area contributed by atoms with Gasteiger partial charge in [0.1, 0.15) is 11.8 Å². The standard InChI is InChI=1S/C25H22N2O5S/c1-17(28)32-20-11-9-19(10-12-20)27-23(29)16-21(24(27)30)26(25(31)22-8-5-15-33-22)14-13-18-6-3-2-4-7-18/h2-12,15,21H,13-14,16H2,1H3. The van der Waals surface area contributed by atoms with Crippen LogP contribution < -0.4 is 9.64 Å². The molecule has 2 heterocycles. The number of thiophene rings is 1. The lowest BCUT2D eigenvalue weighted by molar-refractivity contribution is -0.132. The minimum absolute atomic E-state index is 0.0869. The van der Waals surface area contributed by atoms with Gasteiger partial charge in [0.05, 0.1) is 17.0 Å². The van der Waals surface area contributed by atoms with Gasteiger partial charge in [-0.3, -0.25) is 19.2 Å². The number of ether oxygens (including phenoxy) is 1. The first-order chi connectivity index (χ1) is 15.9. The highest BCUT2D eigenvalue weighted by atomic mass is 32.1. The lowest BCUT2D eigenvalue weighted by atomic mass is 10.1. The topological polar surface area (TPSA) is 84.0 Å². The second-order valence-electron chi connectivity index (χ2n) is 7.59. The van der Waals surface area contributed by atoms with Crippen molar-refractivity contribution in [3.8, 4) is 5.75 Å². The zero-order valence-corrected chi connectivity index (χ0v) is 18.8. The maximum Gasteiger partial charge on any atom is 0.308 e. The van der Waals surface area contributed by atoms with E-state index in [0.29, 0.717) is 29.3 Å².